The Morgan fingerprint density at radius 3 is 3.06 bits per heavy atom. The highest BCUT2D eigenvalue weighted by atomic mass is 32.1. The third-order valence-electron chi connectivity index (χ3n) is 2.90. The van der Waals surface area contributed by atoms with Crippen LogP contribution in [0.4, 0.5) is 0 Å². The molecule has 1 N–H and O–H groups in total. The van der Waals surface area contributed by atoms with E-state index < -0.39 is 0 Å². The predicted molar refractivity (Wildman–Crippen MR) is 67.0 cm³/mol. The summed E-state index contributed by atoms with van der Waals surface area (Å²) in [5.74, 6) is 0. The average Bonchev–Trinajstić information content (AvgIpc) is 2.55. The number of aromatic nitrogens is 1. The van der Waals surface area contributed by atoms with E-state index in [0.29, 0.717) is 0 Å². The maximum Gasteiger partial charge on any atom is 0.107 e. The largest absolute Gasteiger partial charge is 0.383 e. The fourth-order valence-electron chi connectivity index (χ4n) is 2.03. The molecule has 0 spiro atoms. The topological polar surface area (TPSA) is 34.1 Å². The molecule has 0 saturated heterocycles. The van der Waals surface area contributed by atoms with E-state index >= 15 is 0 Å². The van der Waals surface area contributed by atoms with Gasteiger partial charge in [0.2, 0.25) is 0 Å². The van der Waals surface area contributed by atoms with Crippen molar-refractivity contribution >= 4 is 11.3 Å². The summed E-state index contributed by atoms with van der Waals surface area (Å²) in [6.07, 6.45) is 6.44. The zero-order valence-corrected chi connectivity index (χ0v) is 10.7. The van der Waals surface area contributed by atoms with Gasteiger partial charge in [-0.1, -0.05) is 6.42 Å². The molecule has 0 amide bonds. The maximum atomic E-state index is 5.00. The molecule has 1 aromatic heterocycles. The molecule has 0 aromatic carbocycles. The van der Waals surface area contributed by atoms with Gasteiger partial charge < -0.3 is 10.1 Å². The number of hydrogen-bond donors (Lipinski definition) is 1. The molecule has 0 bridgehead atoms. The molecule has 0 saturated carbocycles. The molecule has 0 fully saturated rings. The molecule has 3 nitrogen and oxygen atoms in total. The van der Waals surface area contributed by atoms with Gasteiger partial charge in [-0.25, -0.2) is 4.98 Å². The SMILES string of the molecule is COCCNCc1nc2c(s1)CCCCC2. The van der Waals surface area contributed by atoms with E-state index in [2.05, 4.69) is 5.32 Å². The maximum absolute atomic E-state index is 5.00. The minimum absolute atomic E-state index is 0.769. The third-order valence-corrected chi connectivity index (χ3v) is 4.06. The van der Waals surface area contributed by atoms with E-state index in [1.54, 1.807) is 7.11 Å². The summed E-state index contributed by atoms with van der Waals surface area (Å²) >= 11 is 1.89. The van der Waals surface area contributed by atoms with E-state index in [9.17, 15) is 0 Å². The second kappa shape index (κ2) is 6.33. The second-order valence-corrected chi connectivity index (χ2v) is 5.38. The van der Waals surface area contributed by atoms with Crippen molar-refractivity contribution in [3.05, 3.63) is 15.6 Å². The normalized spacial score (nSPS) is 15.8. The van der Waals surface area contributed by atoms with Gasteiger partial charge in [0.1, 0.15) is 5.01 Å². The number of ether oxygens (including phenoxy) is 1. The van der Waals surface area contributed by atoms with Crippen LogP contribution in [0.1, 0.15) is 34.8 Å². The van der Waals surface area contributed by atoms with Crippen LogP contribution in [0.3, 0.4) is 0 Å². The van der Waals surface area contributed by atoms with Crippen LogP contribution in [-0.4, -0.2) is 25.2 Å². The van der Waals surface area contributed by atoms with Crippen LogP contribution in [0.5, 0.6) is 0 Å². The third kappa shape index (κ3) is 3.27. The highest BCUT2D eigenvalue weighted by Gasteiger charge is 2.13. The standard InChI is InChI=1S/C12H20N2OS/c1-15-8-7-13-9-12-14-10-5-3-2-4-6-11(10)16-12/h13H,2-9H2,1H3. The van der Waals surface area contributed by atoms with Crippen LogP contribution >= 0.6 is 11.3 Å². The Morgan fingerprint density at radius 2 is 2.19 bits per heavy atom. The van der Waals surface area contributed by atoms with Gasteiger partial charge in [0.05, 0.1) is 12.3 Å². The number of methoxy groups -OCH3 is 1. The monoisotopic (exact) mass is 240 g/mol. The first-order valence-corrected chi connectivity index (χ1v) is 6.89. The minimum atomic E-state index is 0.769. The van der Waals surface area contributed by atoms with E-state index in [0.717, 1.165) is 19.7 Å². The lowest BCUT2D eigenvalue weighted by Crippen LogP contribution is -2.18. The molecule has 4 heteroatoms. The van der Waals surface area contributed by atoms with Crippen LogP contribution in [0.15, 0.2) is 0 Å². The van der Waals surface area contributed by atoms with Gasteiger partial charge in [0.25, 0.3) is 0 Å². The number of thiazole rings is 1. The van der Waals surface area contributed by atoms with Crippen LogP contribution < -0.4 is 5.32 Å². The lowest BCUT2D eigenvalue weighted by Gasteiger charge is -2.00. The highest BCUT2D eigenvalue weighted by Crippen LogP contribution is 2.25. The predicted octanol–water partition coefficient (Wildman–Crippen LogP) is 2.15. The molecule has 0 aliphatic heterocycles. The van der Waals surface area contributed by atoms with Crippen LogP contribution in [0.2, 0.25) is 0 Å². The highest BCUT2D eigenvalue weighted by molar-refractivity contribution is 7.11. The number of aryl methyl sites for hydroxylation is 2. The van der Waals surface area contributed by atoms with Crippen LogP contribution in [-0.2, 0) is 24.1 Å². The van der Waals surface area contributed by atoms with E-state index in [4.69, 9.17) is 9.72 Å². The lowest BCUT2D eigenvalue weighted by atomic mass is 10.2. The summed E-state index contributed by atoms with van der Waals surface area (Å²) in [6, 6.07) is 0. The second-order valence-electron chi connectivity index (χ2n) is 4.21. The number of nitrogens with zero attached hydrogens (tertiary/aromatic N) is 1. The van der Waals surface area contributed by atoms with Crippen molar-refractivity contribution in [2.75, 3.05) is 20.3 Å². The molecule has 16 heavy (non-hydrogen) atoms. The van der Waals surface area contributed by atoms with Gasteiger partial charge in [-0.15, -0.1) is 11.3 Å². The summed E-state index contributed by atoms with van der Waals surface area (Å²) in [7, 11) is 1.73. The number of fused-ring (bicyclic) bond motifs is 1. The summed E-state index contributed by atoms with van der Waals surface area (Å²) in [5.41, 5.74) is 1.37. The minimum Gasteiger partial charge on any atom is -0.383 e. The van der Waals surface area contributed by atoms with Crippen molar-refractivity contribution in [1.29, 1.82) is 0 Å². The molecule has 0 radical (unpaired) electrons. The molecule has 1 heterocycles. The Balaban J connectivity index is 1.86. The molecular weight excluding hydrogens is 220 g/mol. The van der Waals surface area contributed by atoms with Crippen molar-refractivity contribution in [2.45, 2.75) is 38.6 Å². The first-order chi connectivity index (χ1) is 7.90. The Labute approximate surface area is 101 Å². The van der Waals surface area contributed by atoms with Crippen molar-refractivity contribution < 1.29 is 4.74 Å². The van der Waals surface area contributed by atoms with Gasteiger partial charge >= 0.3 is 0 Å². The van der Waals surface area contributed by atoms with E-state index in [1.165, 1.54) is 47.7 Å². The van der Waals surface area contributed by atoms with Gasteiger partial charge in [-0.2, -0.15) is 0 Å². The van der Waals surface area contributed by atoms with E-state index in [-0.39, 0.29) is 0 Å². The Morgan fingerprint density at radius 1 is 1.31 bits per heavy atom. The molecule has 1 aliphatic carbocycles. The zero-order valence-electron chi connectivity index (χ0n) is 9.92. The van der Waals surface area contributed by atoms with Gasteiger partial charge in [-0.3, -0.25) is 0 Å². The Hall–Kier alpha value is -0.450. The smallest absolute Gasteiger partial charge is 0.107 e. The number of nitrogens with one attached hydrogen (secondary N) is 1. The van der Waals surface area contributed by atoms with E-state index in [1.807, 2.05) is 11.3 Å². The quantitative estimate of drug-likeness (QED) is 0.632. The molecule has 1 aromatic rings. The summed E-state index contributed by atoms with van der Waals surface area (Å²) in [6.45, 7) is 2.56. The van der Waals surface area contributed by atoms with Crippen LogP contribution in [0.25, 0.3) is 0 Å². The van der Waals surface area contributed by atoms with Gasteiger partial charge in [-0.05, 0) is 25.7 Å². The summed E-state index contributed by atoms with van der Waals surface area (Å²) < 4.78 is 5.00. The molecule has 0 atom stereocenters. The van der Waals surface area contributed by atoms with Crippen molar-refractivity contribution in [3.63, 3.8) is 0 Å². The van der Waals surface area contributed by atoms with Crippen molar-refractivity contribution in [1.82, 2.24) is 10.3 Å². The van der Waals surface area contributed by atoms with Gasteiger partial charge in [0.15, 0.2) is 0 Å². The molecule has 1 aliphatic rings. The summed E-state index contributed by atoms with van der Waals surface area (Å²) in [5, 5.41) is 4.59. The Kier molecular flexibility index (Phi) is 4.75. The van der Waals surface area contributed by atoms with Crippen molar-refractivity contribution in [2.24, 2.45) is 0 Å². The average molecular weight is 240 g/mol. The molecule has 90 valence electrons. The zero-order chi connectivity index (χ0) is 11.2. The molecule has 2 rings (SSSR count). The summed E-state index contributed by atoms with van der Waals surface area (Å²) in [4.78, 5) is 6.25. The Bertz CT molecular complexity index is 301. The van der Waals surface area contributed by atoms with Crippen molar-refractivity contribution in [3.8, 4) is 0 Å². The molecule has 0 unspecified atom stereocenters. The number of rotatable bonds is 5. The lowest BCUT2D eigenvalue weighted by molar-refractivity contribution is 0.199. The fraction of sp³-hybridized carbons (Fsp3) is 0.750. The first kappa shape index (κ1) is 12.0. The van der Waals surface area contributed by atoms with Crippen LogP contribution in [0, 0.1) is 0 Å². The number of hydrogen-bond acceptors (Lipinski definition) is 4. The van der Waals surface area contributed by atoms with Gasteiger partial charge in [0, 0.05) is 25.1 Å². The first-order valence-electron chi connectivity index (χ1n) is 6.07. The fourth-order valence-corrected chi connectivity index (χ4v) is 3.15. The molecular formula is C12H20N2OS.